The smallest absolute Gasteiger partial charge is 0.311 e. The van der Waals surface area contributed by atoms with Crippen LogP contribution >= 0.6 is 23.2 Å². The Balaban J connectivity index is 1.58. The van der Waals surface area contributed by atoms with Crippen molar-refractivity contribution in [1.82, 2.24) is 14.7 Å². The van der Waals surface area contributed by atoms with Gasteiger partial charge in [-0.15, -0.1) is 0 Å². The molecule has 0 atom stereocenters. The molecule has 1 aromatic heterocycles. The third-order valence-electron chi connectivity index (χ3n) is 6.34. The predicted molar refractivity (Wildman–Crippen MR) is 163 cm³/mol. The van der Waals surface area contributed by atoms with E-state index in [1.165, 1.54) is 10.5 Å². The average molecular weight is 579 g/mol. The van der Waals surface area contributed by atoms with Crippen LogP contribution < -0.4 is 10.6 Å². The number of nitrogens with zero attached hydrogens (tertiary/aromatic N) is 3. The number of aromatic nitrogens is 2. The molecule has 40 heavy (non-hydrogen) atoms. The average Bonchev–Trinajstić information content (AvgIpc) is 3.35. The third-order valence-corrected chi connectivity index (χ3v) is 7.08. The first-order valence-corrected chi connectivity index (χ1v) is 13.8. The molecule has 4 rings (SSSR count). The molecule has 0 saturated heterocycles. The monoisotopic (exact) mass is 577 g/mol. The third kappa shape index (κ3) is 7.43. The van der Waals surface area contributed by atoms with Crippen molar-refractivity contribution in [2.24, 2.45) is 0 Å². The molecule has 208 valence electrons. The molecule has 0 fully saturated rings. The first kappa shape index (κ1) is 29.2. The Morgan fingerprint density at radius 2 is 1.57 bits per heavy atom. The Morgan fingerprint density at radius 3 is 2.20 bits per heavy atom. The lowest BCUT2D eigenvalue weighted by Crippen LogP contribution is -2.40. The first-order valence-electron chi connectivity index (χ1n) is 13.1. The number of rotatable bonds is 8. The summed E-state index contributed by atoms with van der Waals surface area (Å²) in [6.45, 7) is 8.28. The minimum atomic E-state index is -0.378. The molecule has 0 aliphatic rings. The van der Waals surface area contributed by atoms with E-state index in [1.807, 2.05) is 81.4 Å². The number of nitrogens with one attached hydrogen (secondary N) is 2. The van der Waals surface area contributed by atoms with Crippen LogP contribution in [0.25, 0.3) is 5.69 Å². The summed E-state index contributed by atoms with van der Waals surface area (Å²) >= 11 is 12.4. The van der Waals surface area contributed by atoms with Gasteiger partial charge >= 0.3 is 6.03 Å². The number of hydrogen-bond acceptors (Lipinski definition) is 3. The van der Waals surface area contributed by atoms with Crippen molar-refractivity contribution in [2.45, 2.75) is 46.1 Å². The summed E-state index contributed by atoms with van der Waals surface area (Å²) < 4.78 is 1.62. The second-order valence-electron chi connectivity index (χ2n) is 10.5. The summed E-state index contributed by atoms with van der Waals surface area (Å²) in [7, 11) is 0. The Morgan fingerprint density at radius 1 is 0.875 bits per heavy atom. The molecule has 3 amide bonds. The SMILES string of the molecule is CCc1ccc(NC(=O)N(CC(=O)Nc2cc(C(C)(C)C)nn2-c2ccc(Cl)c(Cl)c2)Cc2ccccc2)cc1. The minimum Gasteiger partial charge on any atom is -0.311 e. The summed E-state index contributed by atoms with van der Waals surface area (Å²) in [4.78, 5) is 28.2. The zero-order chi connectivity index (χ0) is 28.9. The zero-order valence-corrected chi connectivity index (χ0v) is 24.6. The van der Waals surface area contributed by atoms with E-state index >= 15 is 0 Å². The van der Waals surface area contributed by atoms with Gasteiger partial charge in [-0.05, 0) is 47.9 Å². The molecule has 3 aromatic carbocycles. The fraction of sp³-hybridized carbons (Fsp3) is 0.258. The number of benzene rings is 3. The number of urea groups is 1. The lowest BCUT2D eigenvalue weighted by atomic mass is 9.92. The molecule has 0 spiro atoms. The van der Waals surface area contributed by atoms with Crippen LogP contribution in [0.15, 0.2) is 78.9 Å². The Kier molecular flexibility index (Phi) is 9.17. The Bertz CT molecular complexity index is 1480. The number of aryl methyl sites for hydroxylation is 1. The van der Waals surface area contributed by atoms with Crippen molar-refractivity contribution in [3.63, 3.8) is 0 Å². The fourth-order valence-corrected chi connectivity index (χ4v) is 4.33. The van der Waals surface area contributed by atoms with Gasteiger partial charge < -0.3 is 15.5 Å². The maximum atomic E-state index is 13.4. The van der Waals surface area contributed by atoms with Gasteiger partial charge in [0.05, 0.1) is 21.4 Å². The number of halogens is 2. The molecule has 2 N–H and O–H groups in total. The lowest BCUT2D eigenvalue weighted by Gasteiger charge is -2.23. The highest BCUT2D eigenvalue weighted by atomic mass is 35.5. The highest BCUT2D eigenvalue weighted by molar-refractivity contribution is 6.42. The van der Waals surface area contributed by atoms with Crippen LogP contribution in [0.1, 0.15) is 44.5 Å². The number of amides is 3. The van der Waals surface area contributed by atoms with Crippen molar-refractivity contribution in [3.8, 4) is 5.69 Å². The fourth-order valence-electron chi connectivity index (χ4n) is 4.04. The van der Waals surface area contributed by atoms with Gasteiger partial charge in [0.1, 0.15) is 12.4 Å². The topological polar surface area (TPSA) is 79.3 Å². The van der Waals surface area contributed by atoms with Crippen LogP contribution in [0, 0.1) is 0 Å². The van der Waals surface area contributed by atoms with Gasteiger partial charge in [-0.3, -0.25) is 4.79 Å². The van der Waals surface area contributed by atoms with Crippen molar-refractivity contribution in [2.75, 3.05) is 17.2 Å². The largest absolute Gasteiger partial charge is 0.322 e. The highest BCUT2D eigenvalue weighted by Gasteiger charge is 2.24. The second-order valence-corrected chi connectivity index (χ2v) is 11.4. The summed E-state index contributed by atoms with van der Waals surface area (Å²) in [6.07, 6.45) is 0.907. The molecular weight excluding hydrogens is 545 g/mol. The Hall–Kier alpha value is -3.81. The summed E-state index contributed by atoms with van der Waals surface area (Å²) in [5.41, 5.74) is 3.90. The second kappa shape index (κ2) is 12.6. The van der Waals surface area contributed by atoms with Gasteiger partial charge in [-0.25, -0.2) is 9.48 Å². The normalized spacial score (nSPS) is 11.2. The van der Waals surface area contributed by atoms with E-state index in [-0.39, 0.29) is 30.4 Å². The first-order chi connectivity index (χ1) is 19.0. The van der Waals surface area contributed by atoms with Gasteiger partial charge in [0.15, 0.2) is 0 Å². The van der Waals surface area contributed by atoms with Crippen LogP contribution in [0.3, 0.4) is 0 Å². The predicted octanol–water partition coefficient (Wildman–Crippen LogP) is 7.71. The molecule has 0 unspecified atom stereocenters. The quantitative estimate of drug-likeness (QED) is 0.225. The van der Waals surface area contributed by atoms with Crippen molar-refractivity contribution in [1.29, 1.82) is 0 Å². The number of hydrogen-bond donors (Lipinski definition) is 2. The zero-order valence-electron chi connectivity index (χ0n) is 23.0. The number of anilines is 2. The molecule has 0 aliphatic carbocycles. The van der Waals surface area contributed by atoms with Crippen molar-refractivity contribution < 1.29 is 9.59 Å². The molecule has 0 saturated carbocycles. The molecule has 0 bridgehead atoms. The van der Waals surface area contributed by atoms with Gasteiger partial charge in [-0.1, -0.05) is 93.4 Å². The maximum Gasteiger partial charge on any atom is 0.322 e. The van der Waals surface area contributed by atoms with E-state index in [9.17, 15) is 9.59 Å². The molecular formula is C31H33Cl2N5O2. The number of carbonyl (C=O) groups is 2. The van der Waals surface area contributed by atoms with Crippen molar-refractivity contribution >= 4 is 46.6 Å². The van der Waals surface area contributed by atoms with E-state index in [0.29, 0.717) is 27.2 Å². The summed E-state index contributed by atoms with van der Waals surface area (Å²) in [5, 5.41) is 11.4. The van der Waals surface area contributed by atoms with E-state index in [2.05, 4.69) is 17.6 Å². The molecule has 7 nitrogen and oxygen atoms in total. The van der Waals surface area contributed by atoms with Crippen LogP contribution in [-0.4, -0.2) is 33.2 Å². The minimum absolute atomic E-state index is 0.175. The van der Waals surface area contributed by atoms with Gasteiger partial charge in [0.2, 0.25) is 5.91 Å². The summed E-state index contributed by atoms with van der Waals surface area (Å²) in [6, 6.07) is 23.8. The van der Waals surface area contributed by atoms with Crippen LogP contribution in [0.4, 0.5) is 16.3 Å². The van der Waals surface area contributed by atoms with Crippen molar-refractivity contribution in [3.05, 3.63) is 106 Å². The van der Waals surface area contributed by atoms with E-state index < -0.39 is 0 Å². The highest BCUT2D eigenvalue weighted by Crippen LogP contribution is 2.29. The molecule has 4 aromatic rings. The molecule has 0 radical (unpaired) electrons. The van der Waals surface area contributed by atoms with Crippen LogP contribution in [0.5, 0.6) is 0 Å². The number of carbonyl (C=O) groups excluding carboxylic acids is 2. The Labute approximate surface area is 245 Å². The van der Waals surface area contributed by atoms with E-state index in [4.69, 9.17) is 28.3 Å². The molecule has 1 heterocycles. The van der Waals surface area contributed by atoms with Crippen LogP contribution in [0.2, 0.25) is 10.0 Å². The molecule has 0 aliphatic heterocycles. The van der Waals surface area contributed by atoms with Crippen LogP contribution in [-0.2, 0) is 23.2 Å². The van der Waals surface area contributed by atoms with Gasteiger partial charge in [-0.2, -0.15) is 5.10 Å². The standard InChI is InChI=1S/C31H33Cl2N5O2/c1-5-21-11-13-23(14-12-21)34-30(40)37(19-22-9-7-6-8-10-22)20-29(39)35-28-18-27(31(2,3)4)36-38(28)24-15-16-25(32)26(33)17-24/h6-18H,5,19-20H2,1-4H3,(H,34,40)(H,35,39). The lowest BCUT2D eigenvalue weighted by molar-refractivity contribution is -0.116. The van der Waals surface area contributed by atoms with Gasteiger partial charge in [0, 0.05) is 23.7 Å². The maximum absolute atomic E-state index is 13.4. The summed E-state index contributed by atoms with van der Waals surface area (Å²) in [5.74, 6) is 0.0950. The van der Waals surface area contributed by atoms with E-state index in [0.717, 1.165) is 17.7 Å². The molecule has 9 heteroatoms. The van der Waals surface area contributed by atoms with Gasteiger partial charge in [0.25, 0.3) is 0 Å². The van der Waals surface area contributed by atoms with E-state index in [1.54, 1.807) is 22.9 Å².